The fourth-order valence-electron chi connectivity index (χ4n) is 1.76. The predicted molar refractivity (Wildman–Crippen MR) is 86.3 cm³/mol. The van der Waals surface area contributed by atoms with Gasteiger partial charge in [0.15, 0.2) is 0 Å². The predicted octanol–water partition coefficient (Wildman–Crippen LogP) is 1.40. The molecular weight excluding hydrogens is 292 g/mol. The topological polar surface area (TPSA) is 59.6 Å². The normalized spacial score (nSPS) is 9.81. The molecule has 0 heterocycles. The summed E-state index contributed by atoms with van der Waals surface area (Å²) in [5, 5.41) is 6.06. The van der Waals surface area contributed by atoms with Crippen LogP contribution in [0.3, 0.4) is 0 Å². The van der Waals surface area contributed by atoms with Crippen LogP contribution < -0.4 is 15.4 Å². The van der Waals surface area contributed by atoms with E-state index in [0.29, 0.717) is 19.6 Å². The number of carbonyl (C=O) groups excluding carboxylic acids is 1. The minimum atomic E-state index is 0. The number of halogens is 1. The Kier molecular flexibility index (Phi) is 11.7. The van der Waals surface area contributed by atoms with Gasteiger partial charge in [-0.2, -0.15) is 0 Å². The molecule has 0 atom stereocenters. The van der Waals surface area contributed by atoms with Crippen molar-refractivity contribution in [2.75, 3.05) is 40.5 Å². The van der Waals surface area contributed by atoms with E-state index in [1.165, 1.54) is 0 Å². The van der Waals surface area contributed by atoms with Gasteiger partial charge in [-0.05, 0) is 24.1 Å². The molecule has 0 saturated carbocycles. The summed E-state index contributed by atoms with van der Waals surface area (Å²) in [6.45, 7) is 2.88. The molecule has 1 aromatic carbocycles. The first kappa shape index (κ1) is 19.7. The molecule has 0 aliphatic rings. The first-order chi connectivity index (χ1) is 9.76. The van der Waals surface area contributed by atoms with Gasteiger partial charge in [0.2, 0.25) is 5.91 Å². The molecule has 0 saturated heterocycles. The van der Waals surface area contributed by atoms with Crippen molar-refractivity contribution in [2.45, 2.75) is 12.8 Å². The first-order valence-corrected chi connectivity index (χ1v) is 6.85. The lowest BCUT2D eigenvalue weighted by Crippen LogP contribution is -2.33. The molecule has 0 fully saturated rings. The van der Waals surface area contributed by atoms with Gasteiger partial charge in [0.25, 0.3) is 0 Å². The van der Waals surface area contributed by atoms with Crippen LogP contribution >= 0.6 is 12.4 Å². The highest BCUT2D eigenvalue weighted by Crippen LogP contribution is 2.13. The fourth-order valence-corrected chi connectivity index (χ4v) is 1.76. The molecule has 0 aliphatic heterocycles. The van der Waals surface area contributed by atoms with Crippen LogP contribution in [0.5, 0.6) is 5.75 Å². The van der Waals surface area contributed by atoms with E-state index in [1.54, 1.807) is 14.2 Å². The number of amides is 1. The molecule has 2 N–H and O–H groups in total. The number of aryl methyl sites for hydroxylation is 1. The van der Waals surface area contributed by atoms with E-state index in [1.807, 2.05) is 24.3 Å². The van der Waals surface area contributed by atoms with Gasteiger partial charge >= 0.3 is 0 Å². The summed E-state index contributed by atoms with van der Waals surface area (Å²) in [6, 6.07) is 7.79. The van der Waals surface area contributed by atoms with Crippen LogP contribution in [-0.4, -0.2) is 46.4 Å². The molecule has 21 heavy (non-hydrogen) atoms. The molecule has 1 rings (SSSR count). The number of hydrogen-bond acceptors (Lipinski definition) is 4. The highest BCUT2D eigenvalue weighted by molar-refractivity contribution is 5.85. The lowest BCUT2D eigenvalue weighted by atomic mass is 10.1. The van der Waals surface area contributed by atoms with Crippen LogP contribution in [-0.2, 0) is 16.0 Å². The maximum absolute atomic E-state index is 11.7. The third-order valence-electron chi connectivity index (χ3n) is 2.88. The van der Waals surface area contributed by atoms with Gasteiger partial charge in [-0.25, -0.2) is 0 Å². The van der Waals surface area contributed by atoms with Gasteiger partial charge < -0.3 is 20.1 Å². The highest BCUT2D eigenvalue weighted by Gasteiger charge is 2.02. The summed E-state index contributed by atoms with van der Waals surface area (Å²) in [5.74, 6) is 0.895. The maximum Gasteiger partial charge on any atom is 0.220 e. The SMILES string of the molecule is COCCNCCNC(=O)CCc1cccc(OC)c1.Cl. The van der Waals surface area contributed by atoms with E-state index in [-0.39, 0.29) is 18.3 Å². The lowest BCUT2D eigenvalue weighted by Gasteiger charge is -2.07. The zero-order chi connectivity index (χ0) is 14.6. The summed E-state index contributed by atoms with van der Waals surface area (Å²) >= 11 is 0. The second kappa shape index (κ2) is 12.4. The Hall–Kier alpha value is -1.30. The third-order valence-corrected chi connectivity index (χ3v) is 2.88. The number of benzene rings is 1. The highest BCUT2D eigenvalue weighted by atomic mass is 35.5. The zero-order valence-corrected chi connectivity index (χ0v) is 13.5. The molecule has 6 heteroatoms. The van der Waals surface area contributed by atoms with Gasteiger partial charge in [0.05, 0.1) is 13.7 Å². The van der Waals surface area contributed by atoms with Gasteiger partial charge in [-0.15, -0.1) is 12.4 Å². The average Bonchev–Trinajstić information content (AvgIpc) is 2.49. The van der Waals surface area contributed by atoms with E-state index in [4.69, 9.17) is 9.47 Å². The lowest BCUT2D eigenvalue weighted by molar-refractivity contribution is -0.121. The standard InChI is InChI=1S/C15H24N2O3.ClH/c1-19-11-10-16-8-9-17-15(18)7-6-13-4-3-5-14(12-13)20-2;/h3-5,12,16H,6-11H2,1-2H3,(H,17,18);1H. The number of methoxy groups -OCH3 is 2. The molecular formula is C15H25ClN2O3. The van der Waals surface area contributed by atoms with Crippen molar-refractivity contribution in [3.8, 4) is 5.75 Å². The molecule has 1 aromatic rings. The largest absolute Gasteiger partial charge is 0.497 e. The molecule has 0 spiro atoms. The summed E-state index contributed by atoms with van der Waals surface area (Å²) in [6.07, 6.45) is 1.21. The van der Waals surface area contributed by atoms with Gasteiger partial charge in [0, 0.05) is 33.2 Å². The monoisotopic (exact) mass is 316 g/mol. The van der Waals surface area contributed by atoms with Crippen LogP contribution in [0.25, 0.3) is 0 Å². The average molecular weight is 317 g/mol. The van der Waals surface area contributed by atoms with E-state index >= 15 is 0 Å². The van der Waals surface area contributed by atoms with Gasteiger partial charge in [0.1, 0.15) is 5.75 Å². The van der Waals surface area contributed by atoms with Crippen molar-refractivity contribution in [1.82, 2.24) is 10.6 Å². The molecule has 1 amide bonds. The van der Waals surface area contributed by atoms with Crippen LogP contribution in [0.2, 0.25) is 0 Å². The number of rotatable bonds is 10. The quantitative estimate of drug-likeness (QED) is 0.641. The first-order valence-electron chi connectivity index (χ1n) is 6.85. The second-order valence-corrected chi connectivity index (χ2v) is 4.44. The van der Waals surface area contributed by atoms with Crippen LogP contribution in [0, 0.1) is 0 Å². The molecule has 0 unspecified atom stereocenters. The number of ether oxygens (including phenoxy) is 2. The van der Waals surface area contributed by atoms with E-state index in [2.05, 4.69) is 10.6 Å². The smallest absolute Gasteiger partial charge is 0.220 e. The van der Waals surface area contributed by atoms with Gasteiger partial charge in [-0.1, -0.05) is 12.1 Å². The summed E-state index contributed by atoms with van der Waals surface area (Å²) in [4.78, 5) is 11.7. The molecule has 0 radical (unpaired) electrons. The second-order valence-electron chi connectivity index (χ2n) is 4.44. The van der Waals surface area contributed by atoms with E-state index in [0.717, 1.165) is 30.8 Å². The van der Waals surface area contributed by atoms with Crippen molar-refractivity contribution < 1.29 is 14.3 Å². The Morgan fingerprint density at radius 1 is 1.19 bits per heavy atom. The fraction of sp³-hybridized carbons (Fsp3) is 0.533. The van der Waals surface area contributed by atoms with Crippen molar-refractivity contribution in [3.63, 3.8) is 0 Å². The zero-order valence-electron chi connectivity index (χ0n) is 12.7. The van der Waals surface area contributed by atoms with Crippen LogP contribution in [0.1, 0.15) is 12.0 Å². The van der Waals surface area contributed by atoms with Crippen LogP contribution in [0.4, 0.5) is 0 Å². The Labute approximate surface area is 132 Å². The summed E-state index contributed by atoms with van der Waals surface area (Å²) in [5.41, 5.74) is 1.11. The van der Waals surface area contributed by atoms with Gasteiger partial charge in [-0.3, -0.25) is 4.79 Å². The number of hydrogen-bond donors (Lipinski definition) is 2. The minimum Gasteiger partial charge on any atom is -0.497 e. The van der Waals surface area contributed by atoms with Crippen molar-refractivity contribution in [1.29, 1.82) is 0 Å². The summed E-state index contributed by atoms with van der Waals surface area (Å²) in [7, 11) is 3.31. The minimum absolute atomic E-state index is 0. The van der Waals surface area contributed by atoms with E-state index < -0.39 is 0 Å². The Morgan fingerprint density at radius 3 is 2.71 bits per heavy atom. The van der Waals surface area contributed by atoms with Crippen molar-refractivity contribution in [3.05, 3.63) is 29.8 Å². The number of carbonyl (C=O) groups is 1. The summed E-state index contributed by atoms with van der Waals surface area (Å²) < 4.78 is 10.1. The molecule has 120 valence electrons. The van der Waals surface area contributed by atoms with E-state index in [9.17, 15) is 4.79 Å². The Bertz CT molecular complexity index is 402. The maximum atomic E-state index is 11.7. The molecule has 0 aromatic heterocycles. The molecule has 0 aliphatic carbocycles. The number of nitrogens with one attached hydrogen (secondary N) is 2. The van der Waals surface area contributed by atoms with Crippen LogP contribution in [0.15, 0.2) is 24.3 Å². The Morgan fingerprint density at radius 2 is 2.00 bits per heavy atom. The Balaban J connectivity index is 0.00000400. The molecule has 5 nitrogen and oxygen atoms in total. The third kappa shape index (κ3) is 9.28. The van der Waals surface area contributed by atoms with Crippen molar-refractivity contribution in [2.24, 2.45) is 0 Å². The molecule has 0 bridgehead atoms. The van der Waals surface area contributed by atoms with Crippen molar-refractivity contribution >= 4 is 18.3 Å².